The first-order chi connectivity index (χ1) is 8.28. The Kier molecular flexibility index (Phi) is 4.93. The van der Waals surface area contributed by atoms with Gasteiger partial charge in [0.15, 0.2) is 0 Å². The van der Waals surface area contributed by atoms with E-state index in [0.717, 1.165) is 18.5 Å². The van der Waals surface area contributed by atoms with E-state index in [9.17, 15) is 0 Å². The highest BCUT2D eigenvalue weighted by Gasteiger charge is 2.29. The Morgan fingerprint density at radius 2 is 2.06 bits per heavy atom. The second kappa shape index (κ2) is 5.85. The molecule has 0 saturated carbocycles. The first-order valence-electron chi connectivity index (χ1n) is 6.76. The molecule has 0 radical (unpaired) electrons. The van der Waals surface area contributed by atoms with Gasteiger partial charge >= 0.3 is 0 Å². The van der Waals surface area contributed by atoms with Crippen LogP contribution >= 0.6 is 0 Å². The molecule has 0 bridgehead atoms. The number of likely N-dealkylation sites (N-methyl/N-ethyl adjacent to an activating group) is 1. The van der Waals surface area contributed by atoms with Crippen molar-refractivity contribution in [2.45, 2.75) is 58.2 Å². The molecule has 0 aliphatic heterocycles. The van der Waals surface area contributed by atoms with Crippen LogP contribution in [0.2, 0.25) is 0 Å². The molecule has 0 aliphatic carbocycles. The Morgan fingerprint density at radius 3 is 2.56 bits per heavy atom. The minimum Gasteiger partial charge on any atom is -0.326 e. The van der Waals surface area contributed by atoms with Crippen LogP contribution < -0.4 is 5.73 Å². The molecule has 0 fully saturated rings. The van der Waals surface area contributed by atoms with Crippen molar-refractivity contribution in [3.63, 3.8) is 0 Å². The number of hydrogen-bond acceptors (Lipinski definition) is 3. The van der Waals surface area contributed by atoms with Gasteiger partial charge in [0.2, 0.25) is 0 Å². The topological polar surface area (TPSA) is 47.1 Å². The zero-order chi connectivity index (χ0) is 13.9. The van der Waals surface area contributed by atoms with Crippen LogP contribution in [-0.2, 0) is 6.42 Å². The van der Waals surface area contributed by atoms with E-state index in [1.54, 1.807) is 0 Å². The van der Waals surface area contributed by atoms with Crippen LogP contribution in [0, 0.1) is 0 Å². The smallest absolute Gasteiger partial charge is 0.0640 e. The number of nitrogens with zero attached hydrogens (tertiary/aromatic N) is 3. The first kappa shape index (κ1) is 15.2. The summed E-state index contributed by atoms with van der Waals surface area (Å²) in [7, 11) is 4.13. The summed E-state index contributed by atoms with van der Waals surface area (Å²) in [6.45, 7) is 8.69. The van der Waals surface area contributed by atoms with Gasteiger partial charge in [-0.2, -0.15) is 5.10 Å². The molecule has 4 nitrogen and oxygen atoms in total. The largest absolute Gasteiger partial charge is 0.326 e. The van der Waals surface area contributed by atoms with Crippen molar-refractivity contribution in [3.05, 3.63) is 18.0 Å². The van der Waals surface area contributed by atoms with E-state index in [-0.39, 0.29) is 11.6 Å². The lowest BCUT2D eigenvalue weighted by Crippen LogP contribution is -2.54. The van der Waals surface area contributed by atoms with E-state index in [1.807, 2.05) is 4.68 Å². The lowest BCUT2D eigenvalue weighted by atomic mass is 9.90. The van der Waals surface area contributed by atoms with Crippen molar-refractivity contribution in [1.82, 2.24) is 14.7 Å². The zero-order valence-electron chi connectivity index (χ0n) is 12.6. The van der Waals surface area contributed by atoms with E-state index >= 15 is 0 Å². The average Bonchev–Trinajstić information content (AvgIpc) is 2.76. The molecule has 1 heterocycles. The van der Waals surface area contributed by atoms with Gasteiger partial charge in [0, 0.05) is 30.2 Å². The molecule has 4 heteroatoms. The van der Waals surface area contributed by atoms with E-state index in [4.69, 9.17) is 5.73 Å². The Bertz CT molecular complexity index is 368. The number of aromatic nitrogens is 2. The maximum Gasteiger partial charge on any atom is 0.0640 e. The van der Waals surface area contributed by atoms with Crippen molar-refractivity contribution in [2.75, 3.05) is 14.1 Å². The molecule has 0 saturated heterocycles. The highest BCUT2D eigenvalue weighted by molar-refractivity contribution is 5.05. The molecule has 2 unspecified atom stereocenters. The maximum atomic E-state index is 6.31. The quantitative estimate of drug-likeness (QED) is 0.843. The van der Waals surface area contributed by atoms with E-state index in [0.29, 0.717) is 6.04 Å². The molecule has 1 rings (SSSR count). The van der Waals surface area contributed by atoms with Gasteiger partial charge in [-0.15, -0.1) is 0 Å². The third-order valence-corrected chi connectivity index (χ3v) is 4.20. The molecule has 0 spiro atoms. The van der Waals surface area contributed by atoms with Gasteiger partial charge in [0.25, 0.3) is 0 Å². The highest BCUT2D eigenvalue weighted by Crippen LogP contribution is 2.18. The van der Waals surface area contributed by atoms with Gasteiger partial charge in [-0.25, -0.2) is 0 Å². The molecule has 1 aromatic heterocycles. The van der Waals surface area contributed by atoms with Crippen molar-refractivity contribution in [1.29, 1.82) is 0 Å². The van der Waals surface area contributed by atoms with Crippen LogP contribution in [0.5, 0.6) is 0 Å². The minimum absolute atomic E-state index is 0.0276. The summed E-state index contributed by atoms with van der Waals surface area (Å²) in [6.07, 6.45) is 3.96. The average molecular weight is 252 g/mol. The van der Waals surface area contributed by atoms with Gasteiger partial charge < -0.3 is 10.6 Å². The lowest BCUT2D eigenvalue weighted by molar-refractivity contribution is 0.157. The Morgan fingerprint density at radius 1 is 1.44 bits per heavy atom. The lowest BCUT2D eigenvalue weighted by Gasteiger charge is -2.37. The monoisotopic (exact) mass is 252 g/mol. The number of hydrogen-bond donors (Lipinski definition) is 1. The maximum absolute atomic E-state index is 6.31. The predicted octanol–water partition coefficient (Wildman–Crippen LogP) is 2.06. The summed E-state index contributed by atoms with van der Waals surface area (Å²) in [4.78, 5) is 2.17. The van der Waals surface area contributed by atoms with Crippen molar-refractivity contribution < 1.29 is 0 Å². The summed E-state index contributed by atoms with van der Waals surface area (Å²) < 4.78 is 2.03. The van der Waals surface area contributed by atoms with Gasteiger partial charge in [0.1, 0.15) is 0 Å². The predicted molar refractivity (Wildman–Crippen MR) is 76.7 cm³/mol. The Balaban J connectivity index is 2.71. The SMILES string of the molecule is CCC(C)n1ccc(CC(N)C(C)(C)N(C)C)n1. The summed E-state index contributed by atoms with van der Waals surface area (Å²) in [5.41, 5.74) is 7.36. The third-order valence-electron chi connectivity index (χ3n) is 4.20. The van der Waals surface area contributed by atoms with Crippen LogP contribution in [0.15, 0.2) is 12.3 Å². The molecular formula is C14H28N4. The molecule has 2 atom stereocenters. The fourth-order valence-corrected chi connectivity index (χ4v) is 1.73. The van der Waals surface area contributed by atoms with Crippen LogP contribution in [0.25, 0.3) is 0 Å². The van der Waals surface area contributed by atoms with E-state index in [1.165, 1.54) is 0 Å². The first-order valence-corrected chi connectivity index (χ1v) is 6.76. The Labute approximate surface area is 111 Å². The van der Waals surface area contributed by atoms with E-state index in [2.05, 4.69) is 64.1 Å². The molecule has 2 N–H and O–H groups in total. The second-order valence-electron chi connectivity index (χ2n) is 5.90. The van der Waals surface area contributed by atoms with Crippen LogP contribution in [0.1, 0.15) is 45.9 Å². The molecular weight excluding hydrogens is 224 g/mol. The summed E-state index contributed by atoms with van der Waals surface area (Å²) in [5, 5.41) is 4.61. The van der Waals surface area contributed by atoms with Crippen LogP contribution in [0.3, 0.4) is 0 Å². The second-order valence-corrected chi connectivity index (χ2v) is 5.90. The normalized spacial score (nSPS) is 16.0. The fourth-order valence-electron chi connectivity index (χ4n) is 1.73. The molecule has 0 amide bonds. The highest BCUT2D eigenvalue weighted by atomic mass is 15.3. The summed E-state index contributed by atoms with van der Waals surface area (Å²) >= 11 is 0. The zero-order valence-corrected chi connectivity index (χ0v) is 12.6. The summed E-state index contributed by atoms with van der Waals surface area (Å²) in [5.74, 6) is 0. The van der Waals surface area contributed by atoms with Crippen molar-refractivity contribution in [2.24, 2.45) is 5.73 Å². The fraction of sp³-hybridized carbons (Fsp3) is 0.786. The van der Waals surface area contributed by atoms with Crippen molar-refractivity contribution in [3.8, 4) is 0 Å². The molecule has 1 aromatic rings. The van der Waals surface area contributed by atoms with Gasteiger partial charge in [-0.3, -0.25) is 4.68 Å². The summed E-state index contributed by atoms with van der Waals surface area (Å²) in [6, 6.07) is 2.61. The third kappa shape index (κ3) is 3.33. The van der Waals surface area contributed by atoms with Gasteiger partial charge in [-0.05, 0) is 47.4 Å². The van der Waals surface area contributed by atoms with Crippen molar-refractivity contribution >= 4 is 0 Å². The van der Waals surface area contributed by atoms with Crippen LogP contribution in [0.4, 0.5) is 0 Å². The standard InChI is InChI=1S/C14H28N4/c1-7-11(2)18-9-8-12(16-18)10-13(15)14(3,4)17(5)6/h8-9,11,13H,7,10,15H2,1-6H3. The van der Waals surface area contributed by atoms with Gasteiger partial charge in [0.05, 0.1) is 5.69 Å². The van der Waals surface area contributed by atoms with E-state index < -0.39 is 0 Å². The minimum atomic E-state index is -0.0276. The molecule has 0 aromatic carbocycles. The number of nitrogens with two attached hydrogens (primary N) is 1. The van der Waals surface area contributed by atoms with Crippen LogP contribution in [-0.4, -0.2) is 40.4 Å². The Hall–Kier alpha value is -0.870. The molecule has 0 aliphatic rings. The molecule has 18 heavy (non-hydrogen) atoms. The number of rotatable bonds is 6. The molecule has 104 valence electrons. The van der Waals surface area contributed by atoms with Gasteiger partial charge in [-0.1, -0.05) is 6.92 Å².